The van der Waals surface area contributed by atoms with E-state index >= 15 is 0 Å². The summed E-state index contributed by atoms with van der Waals surface area (Å²) in [7, 11) is 0. The highest BCUT2D eigenvalue weighted by molar-refractivity contribution is 5.93. The highest BCUT2D eigenvalue weighted by Gasteiger charge is 2.34. The Balaban J connectivity index is 2.86. The predicted octanol–water partition coefficient (Wildman–Crippen LogP) is 5.53. The van der Waals surface area contributed by atoms with Crippen LogP contribution in [0.15, 0.2) is 11.1 Å². The number of ether oxygens (including phenoxy) is 1. The summed E-state index contributed by atoms with van der Waals surface area (Å²) in [6, 6.07) is 2.90. The maximum Gasteiger partial charge on any atom is 0.348 e. The van der Waals surface area contributed by atoms with E-state index in [2.05, 4.69) is 52.9 Å². The molecule has 0 aromatic heterocycles. The largest absolute Gasteiger partial charge is 0.461 e. The molecule has 27 heavy (non-hydrogen) atoms. The second-order valence-electron chi connectivity index (χ2n) is 9.03. The Kier molecular flexibility index (Phi) is 10.1. The molecule has 1 N–H and O–H groups in total. The molecule has 0 spiro atoms. The van der Waals surface area contributed by atoms with Gasteiger partial charge >= 0.3 is 5.97 Å². The van der Waals surface area contributed by atoms with Crippen molar-refractivity contribution in [1.82, 2.24) is 5.32 Å². The van der Waals surface area contributed by atoms with Crippen molar-refractivity contribution >= 4 is 5.97 Å². The van der Waals surface area contributed by atoms with Gasteiger partial charge in [-0.05, 0) is 55.9 Å². The van der Waals surface area contributed by atoms with E-state index in [0.29, 0.717) is 24.6 Å². The number of nitrogens with zero attached hydrogens (tertiary/aromatic N) is 1. The molecule has 0 aromatic rings. The molecule has 1 rings (SSSR count). The van der Waals surface area contributed by atoms with Crippen molar-refractivity contribution in [3.8, 4) is 6.07 Å². The Morgan fingerprint density at radius 2 is 2.04 bits per heavy atom. The van der Waals surface area contributed by atoms with Crippen molar-refractivity contribution in [1.29, 1.82) is 5.26 Å². The Labute approximate surface area is 166 Å². The minimum absolute atomic E-state index is 0.0776. The molecule has 1 aliphatic rings. The van der Waals surface area contributed by atoms with E-state index in [9.17, 15) is 10.1 Å². The lowest BCUT2D eigenvalue weighted by molar-refractivity contribution is -0.140. The van der Waals surface area contributed by atoms with E-state index in [1.54, 1.807) is 0 Å². The smallest absolute Gasteiger partial charge is 0.348 e. The molecule has 0 saturated heterocycles. The molecular weight excluding hydrogens is 336 g/mol. The standard InChI is InChI=1S/C23H40N2O2/c1-7-10-11-18(9-3)16-27-22(26)21(15-24)19-12-20(25-17(4)8-2)14-23(5,6)13-19/h17-18,20,25H,7-14,16H2,1-6H3/b21-19+. The van der Waals surface area contributed by atoms with Crippen LogP contribution < -0.4 is 5.32 Å². The summed E-state index contributed by atoms with van der Waals surface area (Å²) in [5, 5.41) is 13.3. The van der Waals surface area contributed by atoms with Gasteiger partial charge in [-0.2, -0.15) is 5.26 Å². The monoisotopic (exact) mass is 376 g/mol. The van der Waals surface area contributed by atoms with Gasteiger partial charge in [0, 0.05) is 12.1 Å². The second kappa shape index (κ2) is 11.5. The van der Waals surface area contributed by atoms with Crippen LogP contribution in [0.4, 0.5) is 0 Å². The molecule has 3 atom stereocenters. The molecule has 1 saturated carbocycles. The van der Waals surface area contributed by atoms with E-state index in [1.807, 2.05) is 0 Å². The molecule has 0 radical (unpaired) electrons. The zero-order valence-corrected chi connectivity index (χ0v) is 18.4. The molecule has 1 fully saturated rings. The first-order chi connectivity index (χ1) is 12.8. The number of hydrogen-bond acceptors (Lipinski definition) is 4. The van der Waals surface area contributed by atoms with Crippen LogP contribution >= 0.6 is 0 Å². The number of nitrogens with one attached hydrogen (secondary N) is 1. The number of carbonyl (C=O) groups excluding carboxylic acids is 1. The predicted molar refractivity (Wildman–Crippen MR) is 111 cm³/mol. The summed E-state index contributed by atoms with van der Waals surface area (Å²) in [5.74, 6) is -0.0381. The average molecular weight is 377 g/mol. The molecule has 0 amide bonds. The molecule has 1 aliphatic carbocycles. The van der Waals surface area contributed by atoms with Gasteiger partial charge in [-0.25, -0.2) is 4.79 Å². The topological polar surface area (TPSA) is 62.1 Å². The fraction of sp³-hybridized carbons (Fsp3) is 0.826. The van der Waals surface area contributed by atoms with Crippen LogP contribution in [0.1, 0.15) is 92.9 Å². The Hall–Kier alpha value is -1.34. The van der Waals surface area contributed by atoms with Crippen molar-refractivity contribution in [2.45, 2.75) is 105 Å². The van der Waals surface area contributed by atoms with Crippen LogP contribution in [-0.4, -0.2) is 24.7 Å². The zero-order chi connectivity index (χ0) is 20.4. The first kappa shape index (κ1) is 23.7. The van der Waals surface area contributed by atoms with Crippen LogP contribution in [-0.2, 0) is 9.53 Å². The molecule has 4 nitrogen and oxygen atoms in total. The lowest BCUT2D eigenvalue weighted by atomic mass is 9.71. The third kappa shape index (κ3) is 8.05. The van der Waals surface area contributed by atoms with Gasteiger partial charge in [-0.3, -0.25) is 0 Å². The fourth-order valence-corrected chi connectivity index (χ4v) is 4.02. The number of esters is 1. The van der Waals surface area contributed by atoms with Gasteiger partial charge in [0.2, 0.25) is 0 Å². The van der Waals surface area contributed by atoms with Crippen molar-refractivity contribution in [3.05, 3.63) is 11.1 Å². The van der Waals surface area contributed by atoms with Crippen molar-refractivity contribution in [3.63, 3.8) is 0 Å². The number of hydrogen-bond donors (Lipinski definition) is 1. The number of unbranched alkanes of at least 4 members (excludes halogenated alkanes) is 1. The highest BCUT2D eigenvalue weighted by atomic mass is 16.5. The summed E-state index contributed by atoms with van der Waals surface area (Å²) < 4.78 is 5.56. The summed E-state index contributed by atoms with van der Waals surface area (Å²) in [4.78, 5) is 12.6. The Morgan fingerprint density at radius 3 is 2.59 bits per heavy atom. The lowest BCUT2D eigenvalue weighted by Crippen LogP contribution is -2.42. The van der Waals surface area contributed by atoms with E-state index in [1.165, 1.54) is 0 Å². The zero-order valence-electron chi connectivity index (χ0n) is 18.4. The van der Waals surface area contributed by atoms with E-state index in [0.717, 1.165) is 56.9 Å². The van der Waals surface area contributed by atoms with Gasteiger partial charge in [0.15, 0.2) is 0 Å². The normalized spacial score (nSPS) is 23.2. The van der Waals surface area contributed by atoms with Gasteiger partial charge in [0.05, 0.1) is 6.61 Å². The van der Waals surface area contributed by atoms with E-state index in [4.69, 9.17) is 4.74 Å². The summed E-state index contributed by atoms with van der Waals surface area (Å²) in [6.07, 6.45) is 8.06. The molecule has 0 heterocycles. The molecule has 0 aromatic carbocycles. The lowest BCUT2D eigenvalue weighted by Gasteiger charge is -2.38. The maximum atomic E-state index is 12.6. The van der Waals surface area contributed by atoms with Crippen molar-refractivity contribution < 1.29 is 9.53 Å². The number of rotatable bonds is 10. The first-order valence-corrected chi connectivity index (χ1v) is 10.8. The van der Waals surface area contributed by atoms with Crippen LogP contribution in [0.2, 0.25) is 0 Å². The molecule has 154 valence electrons. The Morgan fingerprint density at radius 1 is 1.33 bits per heavy atom. The average Bonchev–Trinajstić information content (AvgIpc) is 2.61. The summed E-state index contributed by atoms with van der Waals surface area (Å²) in [5.41, 5.74) is 1.28. The van der Waals surface area contributed by atoms with Crippen molar-refractivity contribution in [2.75, 3.05) is 6.61 Å². The van der Waals surface area contributed by atoms with Crippen LogP contribution in [0, 0.1) is 22.7 Å². The highest BCUT2D eigenvalue weighted by Crippen LogP contribution is 2.40. The van der Waals surface area contributed by atoms with Gasteiger partial charge in [0.25, 0.3) is 0 Å². The number of carbonyl (C=O) groups is 1. The first-order valence-electron chi connectivity index (χ1n) is 10.8. The van der Waals surface area contributed by atoms with Crippen LogP contribution in [0.25, 0.3) is 0 Å². The third-order valence-electron chi connectivity index (χ3n) is 5.78. The van der Waals surface area contributed by atoms with Gasteiger partial charge in [-0.1, -0.05) is 53.9 Å². The molecular formula is C23H40N2O2. The molecule has 3 unspecified atom stereocenters. The maximum absolute atomic E-state index is 12.6. The van der Waals surface area contributed by atoms with Gasteiger partial charge < -0.3 is 10.1 Å². The van der Waals surface area contributed by atoms with E-state index in [-0.39, 0.29) is 11.0 Å². The van der Waals surface area contributed by atoms with Gasteiger partial charge in [-0.15, -0.1) is 0 Å². The number of nitriles is 1. The summed E-state index contributed by atoms with van der Waals surface area (Å²) >= 11 is 0. The Bertz CT molecular complexity index is 545. The SMILES string of the molecule is CCCCC(CC)COC(=O)/C(C#N)=C1\CC(NC(C)CC)CC(C)(C)C1. The fourth-order valence-electron chi connectivity index (χ4n) is 4.02. The molecule has 4 heteroatoms. The van der Waals surface area contributed by atoms with Gasteiger partial charge in [0.1, 0.15) is 11.6 Å². The minimum Gasteiger partial charge on any atom is -0.461 e. The third-order valence-corrected chi connectivity index (χ3v) is 5.78. The van der Waals surface area contributed by atoms with Crippen LogP contribution in [0.3, 0.4) is 0 Å². The minimum atomic E-state index is -0.428. The second-order valence-corrected chi connectivity index (χ2v) is 9.03. The summed E-state index contributed by atoms with van der Waals surface area (Å²) in [6.45, 7) is 13.5. The van der Waals surface area contributed by atoms with Crippen molar-refractivity contribution in [2.24, 2.45) is 11.3 Å². The quantitative estimate of drug-likeness (QED) is 0.309. The van der Waals surface area contributed by atoms with E-state index < -0.39 is 5.97 Å². The molecule has 0 aliphatic heterocycles. The molecule has 0 bridgehead atoms. The van der Waals surface area contributed by atoms with Crippen LogP contribution in [0.5, 0.6) is 0 Å².